The predicted octanol–water partition coefficient (Wildman–Crippen LogP) is 5.03. The Morgan fingerprint density at radius 1 is 0.879 bits per heavy atom. The molecule has 172 valence electrons. The summed E-state index contributed by atoms with van der Waals surface area (Å²) in [7, 11) is 0. The summed E-state index contributed by atoms with van der Waals surface area (Å²) in [6.07, 6.45) is -12.9. The second kappa shape index (κ2) is 8.20. The Morgan fingerprint density at radius 3 is 1.73 bits per heavy atom. The molecule has 2 aromatic carbocycles. The van der Waals surface area contributed by atoms with Gasteiger partial charge < -0.3 is 5.11 Å². The quantitative estimate of drug-likeness (QED) is 0.643. The molecule has 0 amide bonds. The highest BCUT2D eigenvalue weighted by molar-refractivity contribution is 5.89. The van der Waals surface area contributed by atoms with Crippen molar-refractivity contribution < 1.29 is 36.2 Å². The fourth-order valence-corrected chi connectivity index (χ4v) is 4.69. The van der Waals surface area contributed by atoms with Crippen molar-refractivity contribution >= 4 is 5.78 Å². The SMILES string of the molecule is N#CC1(C#N)[C@@H](c2ccccc2)C[C@@](O)(C(F)(F)F)[C@H](C(=O)C(F)(F)F)[C@H]1c1ccccc1. The largest absolute Gasteiger partial charge is 0.450 e. The summed E-state index contributed by atoms with van der Waals surface area (Å²) >= 11 is 0. The number of nitrogens with zero attached hydrogens (tertiary/aromatic N) is 2. The Balaban J connectivity index is 2.44. The standard InChI is InChI=1S/C23H16F6N2O2/c24-22(25,26)19(32)18-17(15-9-5-2-6-10-15)20(12-30,13-31)16(14-7-3-1-4-8-14)11-21(18,33)23(27,28)29/h1-10,16-18,33H,11H2/t16-,17-,18+,21+/m1/s1. The number of benzene rings is 2. The Morgan fingerprint density at radius 2 is 1.33 bits per heavy atom. The molecule has 0 spiro atoms. The van der Waals surface area contributed by atoms with Gasteiger partial charge in [-0.05, 0) is 17.5 Å². The lowest BCUT2D eigenvalue weighted by molar-refractivity contribution is -0.298. The molecule has 1 saturated carbocycles. The number of rotatable bonds is 3. The van der Waals surface area contributed by atoms with Crippen molar-refractivity contribution in [3.8, 4) is 12.1 Å². The first-order chi connectivity index (χ1) is 15.3. The Kier molecular flexibility index (Phi) is 6.03. The summed E-state index contributed by atoms with van der Waals surface area (Å²) in [5.74, 6) is -9.90. The number of Topliss-reactive ketones (excluding diaryl/α,β-unsaturated/α-hetero) is 1. The number of aliphatic hydroxyl groups is 1. The second-order valence-corrected chi connectivity index (χ2v) is 7.91. The summed E-state index contributed by atoms with van der Waals surface area (Å²) < 4.78 is 83.3. The van der Waals surface area contributed by atoms with Crippen LogP contribution in [-0.2, 0) is 4.79 Å². The van der Waals surface area contributed by atoms with E-state index in [2.05, 4.69) is 0 Å². The zero-order chi connectivity index (χ0) is 24.7. The van der Waals surface area contributed by atoms with Gasteiger partial charge in [0.25, 0.3) is 0 Å². The number of carbonyl (C=O) groups excluding carboxylic acids is 1. The van der Waals surface area contributed by atoms with Gasteiger partial charge in [0.2, 0.25) is 5.78 Å². The molecule has 0 unspecified atom stereocenters. The third kappa shape index (κ3) is 3.85. The summed E-state index contributed by atoms with van der Waals surface area (Å²) in [5.41, 5.74) is -6.91. The minimum absolute atomic E-state index is 0.0436. The fourth-order valence-electron chi connectivity index (χ4n) is 4.69. The van der Waals surface area contributed by atoms with Crippen LogP contribution in [0.4, 0.5) is 26.3 Å². The van der Waals surface area contributed by atoms with Gasteiger partial charge in [-0.2, -0.15) is 36.9 Å². The van der Waals surface area contributed by atoms with Crippen molar-refractivity contribution in [3.63, 3.8) is 0 Å². The van der Waals surface area contributed by atoms with Crippen LogP contribution in [0.1, 0.15) is 29.4 Å². The second-order valence-electron chi connectivity index (χ2n) is 7.91. The van der Waals surface area contributed by atoms with Gasteiger partial charge in [-0.15, -0.1) is 0 Å². The maximum atomic E-state index is 14.2. The minimum Gasteiger partial charge on any atom is -0.380 e. The average molecular weight is 466 g/mol. The minimum atomic E-state index is -5.76. The molecule has 0 heterocycles. The summed E-state index contributed by atoms with van der Waals surface area (Å²) in [5, 5.41) is 30.9. The van der Waals surface area contributed by atoms with Gasteiger partial charge in [0.1, 0.15) is 0 Å². The molecule has 1 aliphatic carbocycles. The molecule has 0 aliphatic heterocycles. The Labute approximate surface area is 184 Å². The van der Waals surface area contributed by atoms with Crippen LogP contribution in [0, 0.1) is 34.0 Å². The van der Waals surface area contributed by atoms with E-state index in [0.717, 1.165) is 12.1 Å². The molecule has 0 saturated heterocycles. The highest BCUT2D eigenvalue weighted by Gasteiger charge is 2.74. The lowest BCUT2D eigenvalue weighted by Crippen LogP contribution is -2.65. The van der Waals surface area contributed by atoms with Crippen molar-refractivity contribution in [2.75, 3.05) is 0 Å². The van der Waals surface area contributed by atoms with E-state index in [1.54, 1.807) is 12.1 Å². The lowest BCUT2D eigenvalue weighted by Gasteiger charge is -2.53. The number of halogens is 6. The van der Waals surface area contributed by atoms with Crippen LogP contribution in [-0.4, -0.2) is 28.8 Å². The van der Waals surface area contributed by atoms with Crippen LogP contribution in [0.2, 0.25) is 0 Å². The van der Waals surface area contributed by atoms with Crippen molar-refractivity contribution in [2.45, 2.75) is 36.2 Å². The highest BCUT2D eigenvalue weighted by atomic mass is 19.4. The molecular formula is C23H16F6N2O2. The molecule has 4 atom stereocenters. The van der Waals surface area contributed by atoms with Gasteiger partial charge in [-0.3, -0.25) is 4.79 Å². The van der Waals surface area contributed by atoms with Crippen LogP contribution in [0.25, 0.3) is 0 Å². The maximum Gasteiger partial charge on any atom is 0.450 e. The molecule has 0 radical (unpaired) electrons. The number of carbonyl (C=O) groups is 1. The van der Waals surface area contributed by atoms with Crippen LogP contribution in [0.15, 0.2) is 60.7 Å². The monoisotopic (exact) mass is 466 g/mol. The maximum absolute atomic E-state index is 14.2. The van der Waals surface area contributed by atoms with E-state index in [0.29, 0.717) is 0 Å². The predicted molar refractivity (Wildman–Crippen MR) is 102 cm³/mol. The average Bonchev–Trinajstić information content (AvgIpc) is 2.78. The molecule has 4 nitrogen and oxygen atoms in total. The molecule has 0 aromatic heterocycles. The smallest absolute Gasteiger partial charge is 0.380 e. The third-order valence-corrected chi connectivity index (χ3v) is 6.19. The first-order valence-electron chi connectivity index (χ1n) is 9.66. The van der Waals surface area contributed by atoms with Crippen molar-refractivity contribution in [3.05, 3.63) is 71.8 Å². The topological polar surface area (TPSA) is 84.9 Å². The molecule has 2 aromatic rings. The normalized spacial score (nSPS) is 27.2. The fraction of sp³-hybridized carbons (Fsp3) is 0.348. The Bertz CT molecular complexity index is 1090. The van der Waals surface area contributed by atoms with Crippen molar-refractivity contribution in [1.29, 1.82) is 10.5 Å². The highest BCUT2D eigenvalue weighted by Crippen LogP contribution is 2.63. The van der Waals surface area contributed by atoms with E-state index in [4.69, 9.17) is 0 Å². The molecule has 1 fully saturated rings. The van der Waals surface area contributed by atoms with Gasteiger partial charge in [-0.1, -0.05) is 60.7 Å². The Hall–Kier alpha value is -3.37. The molecule has 10 heteroatoms. The number of hydrogen-bond donors (Lipinski definition) is 1. The van der Waals surface area contributed by atoms with Gasteiger partial charge in [0.15, 0.2) is 11.0 Å². The molecule has 0 bridgehead atoms. The number of nitriles is 2. The van der Waals surface area contributed by atoms with Crippen LogP contribution in [0.3, 0.4) is 0 Å². The van der Waals surface area contributed by atoms with E-state index in [1.165, 1.54) is 48.5 Å². The first kappa shape index (κ1) is 24.3. The zero-order valence-corrected chi connectivity index (χ0v) is 16.7. The lowest BCUT2D eigenvalue weighted by atomic mass is 9.49. The first-order valence-corrected chi connectivity index (χ1v) is 9.66. The van der Waals surface area contributed by atoms with Gasteiger partial charge in [0, 0.05) is 11.8 Å². The van der Waals surface area contributed by atoms with Gasteiger partial charge in [-0.25, -0.2) is 0 Å². The molecule has 33 heavy (non-hydrogen) atoms. The van der Waals surface area contributed by atoms with Crippen molar-refractivity contribution in [2.24, 2.45) is 11.3 Å². The number of alkyl halides is 6. The molecule has 1 aliphatic rings. The van der Waals surface area contributed by atoms with E-state index < -0.39 is 53.3 Å². The van der Waals surface area contributed by atoms with Crippen LogP contribution >= 0.6 is 0 Å². The summed E-state index contributed by atoms with van der Waals surface area (Å²) in [6, 6.07) is 16.5. The van der Waals surface area contributed by atoms with E-state index in [1.807, 2.05) is 0 Å². The summed E-state index contributed by atoms with van der Waals surface area (Å²) in [4.78, 5) is 12.4. The van der Waals surface area contributed by atoms with Gasteiger partial charge >= 0.3 is 12.4 Å². The van der Waals surface area contributed by atoms with E-state index >= 15 is 0 Å². The zero-order valence-electron chi connectivity index (χ0n) is 16.7. The van der Waals surface area contributed by atoms with E-state index in [-0.39, 0.29) is 11.1 Å². The number of ketones is 1. The van der Waals surface area contributed by atoms with Gasteiger partial charge in [0.05, 0.1) is 18.1 Å². The van der Waals surface area contributed by atoms with Crippen molar-refractivity contribution in [1.82, 2.24) is 0 Å². The molecule has 1 N–H and O–H groups in total. The van der Waals surface area contributed by atoms with E-state index in [9.17, 15) is 46.8 Å². The summed E-state index contributed by atoms with van der Waals surface area (Å²) in [6.45, 7) is 0. The van der Waals surface area contributed by atoms with Crippen LogP contribution < -0.4 is 0 Å². The third-order valence-electron chi connectivity index (χ3n) is 6.19. The molecular weight excluding hydrogens is 450 g/mol. The van der Waals surface area contributed by atoms with Crippen LogP contribution in [0.5, 0.6) is 0 Å². The number of hydrogen-bond acceptors (Lipinski definition) is 4. The molecule has 3 rings (SSSR count).